The van der Waals surface area contributed by atoms with Crippen LogP contribution >= 0.6 is 0 Å². The number of rotatable bonds is 2. The fraction of sp³-hybridized carbons (Fsp3) is 0.533. The fourth-order valence-corrected chi connectivity index (χ4v) is 2.99. The first kappa shape index (κ1) is 13.1. The number of aryl methyl sites for hydroxylation is 2. The molecule has 2 heterocycles. The summed E-state index contributed by atoms with van der Waals surface area (Å²) in [5, 5.41) is 7.49. The van der Waals surface area contributed by atoms with Crippen molar-refractivity contribution in [2.75, 3.05) is 0 Å². The van der Waals surface area contributed by atoms with Crippen LogP contribution in [0.4, 0.5) is 0 Å². The summed E-state index contributed by atoms with van der Waals surface area (Å²) in [4.78, 5) is 16.7. The second-order valence-electron chi connectivity index (χ2n) is 5.90. The SMILES string of the molecule is Cc1cc2ncc(C(=O)NC3CCC(C)C3)c(C)n2n1. The maximum absolute atomic E-state index is 12.4. The summed E-state index contributed by atoms with van der Waals surface area (Å²) in [5.41, 5.74) is 3.14. The second-order valence-corrected chi connectivity index (χ2v) is 5.90. The molecule has 2 aromatic heterocycles. The minimum absolute atomic E-state index is 0.0378. The Morgan fingerprint density at radius 2 is 2.20 bits per heavy atom. The predicted octanol–water partition coefficient (Wildman–Crippen LogP) is 2.26. The predicted molar refractivity (Wildman–Crippen MR) is 76.7 cm³/mol. The van der Waals surface area contributed by atoms with Gasteiger partial charge < -0.3 is 5.32 Å². The minimum atomic E-state index is -0.0378. The van der Waals surface area contributed by atoms with E-state index in [0.717, 1.165) is 29.9 Å². The Balaban J connectivity index is 1.86. The lowest BCUT2D eigenvalue weighted by Crippen LogP contribution is -2.33. The van der Waals surface area contributed by atoms with Gasteiger partial charge in [0.25, 0.3) is 5.91 Å². The van der Waals surface area contributed by atoms with E-state index < -0.39 is 0 Å². The lowest BCUT2D eigenvalue weighted by molar-refractivity contribution is 0.0935. The Morgan fingerprint density at radius 3 is 2.90 bits per heavy atom. The normalized spacial score (nSPS) is 22.4. The van der Waals surface area contributed by atoms with Gasteiger partial charge in [-0.3, -0.25) is 4.79 Å². The highest BCUT2D eigenvalue weighted by Crippen LogP contribution is 2.25. The third-order valence-corrected chi connectivity index (χ3v) is 4.12. The summed E-state index contributed by atoms with van der Waals surface area (Å²) >= 11 is 0. The first-order valence-corrected chi connectivity index (χ1v) is 7.17. The monoisotopic (exact) mass is 272 g/mol. The van der Waals surface area contributed by atoms with E-state index >= 15 is 0 Å². The average molecular weight is 272 g/mol. The molecule has 20 heavy (non-hydrogen) atoms. The van der Waals surface area contributed by atoms with Crippen LogP contribution in [-0.4, -0.2) is 26.5 Å². The summed E-state index contributed by atoms with van der Waals surface area (Å²) < 4.78 is 1.74. The topological polar surface area (TPSA) is 59.3 Å². The van der Waals surface area contributed by atoms with Crippen molar-refractivity contribution in [3.63, 3.8) is 0 Å². The van der Waals surface area contributed by atoms with Crippen LogP contribution in [0.1, 0.15) is 47.9 Å². The van der Waals surface area contributed by atoms with Crippen LogP contribution in [0.25, 0.3) is 5.65 Å². The Hall–Kier alpha value is -1.91. The second kappa shape index (κ2) is 4.89. The maximum Gasteiger partial charge on any atom is 0.254 e. The van der Waals surface area contributed by atoms with Crippen molar-refractivity contribution < 1.29 is 4.79 Å². The van der Waals surface area contributed by atoms with Gasteiger partial charge in [0.2, 0.25) is 0 Å². The molecule has 1 amide bonds. The first-order chi connectivity index (χ1) is 9.54. The van der Waals surface area contributed by atoms with Gasteiger partial charge in [-0.15, -0.1) is 0 Å². The Bertz CT molecular complexity index is 661. The number of aromatic nitrogens is 3. The van der Waals surface area contributed by atoms with Crippen molar-refractivity contribution in [2.24, 2.45) is 5.92 Å². The van der Waals surface area contributed by atoms with Gasteiger partial charge >= 0.3 is 0 Å². The molecule has 1 aliphatic carbocycles. The van der Waals surface area contributed by atoms with E-state index in [9.17, 15) is 4.79 Å². The van der Waals surface area contributed by atoms with Crippen molar-refractivity contribution in [2.45, 2.75) is 46.1 Å². The van der Waals surface area contributed by atoms with Crippen molar-refractivity contribution in [1.82, 2.24) is 19.9 Å². The molecule has 1 N–H and O–H groups in total. The van der Waals surface area contributed by atoms with Gasteiger partial charge in [-0.1, -0.05) is 6.92 Å². The number of nitrogens with one attached hydrogen (secondary N) is 1. The van der Waals surface area contributed by atoms with Gasteiger partial charge in [0.1, 0.15) is 0 Å². The third kappa shape index (κ3) is 2.28. The molecule has 0 saturated heterocycles. The van der Waals surface area contributed by atoms with E-state index in [4.69, 9.17) is 0 Å². The lowest BCUT2D eigenvalue weighted by atomic mass is 10.1. The summed E-state index contributed by atoms with van der Waals surface area (Å²) in [5.74, 6) is 0.667. The molecule has 0 aromatic carbocycles. The molecule has 1 aliphatic rings. The molecule has 2 aromatic rings. The Morgan fingerprint density at radius 1 is 1.40 bits per heavy atom. The van der Waals surface area contributed by atoms with E-state index in [1.807, 2.05) is 19.9 Å². The molecule has 0 spiro atoms. The zero-order valence-electron chi connectivity index (χ0n) is 12.2. The zero-order chi connectivity index (χ0) is 14.3. The van der Waals surface area contributed by atoms with Crippen LogP contribution in [0.15, 0.2) is 12.3 Å². The quantitative estimate of drug-likeness (QED) is 0.912. The number of amides is 1. The van der Waals surface area contributed by atoms with Gasteiger partial charge in [-0.25, -0.2) is 9.50 Å². The molecule has 2 atom stereocenters. The lowest BCUT2D eigenvalue weighted by Gasteiger charge is -2.13. The molecule has 0 bridgehead atoms. The molecular weight excluding hydrogens is 252 g/mol. The fourth-order valence-electron chi connectivity index (χ4n) is 2.99. The molecule has 1 saturated carbocycles. The third-order valence-electron chi connectivity index (χ3n) is 4.12. The molecule has 1 fully saturated rings. The summed E-state index contributed by atoms with van der Waals surface area (Å²) in [6, 6.07) is 2.21. The molecule has 3 rings (SSSR count). The van der Waals surface area contributed by atoms with E-state index in [0.29, 0.717) is 17.5 Å². The highest BCUT2D eigenvalue weighted by atomic mass is 16.1. The van der Waals surface area contributed by atoms with Crippen molar-refractivity contribution >= 4 is 11.6 Å². The molecule has 106 valence electrons. The first-order valence-electron chi connectivity index (χ1n) is 7.17. The van der Waals surface area contributed by atoms with Crippen LogP contribution in [0.3, 0.4) is 0 Å². The van der Waals surface area contributed by atoms with Gasteiger partial charge in [-0.2, -0.15) is 5.10 Å². The van der Waals surface area contributed by atoms with Gasteiger partial charge in [0.05, 0.1) is 17.0 Å². The van der Waals surface area contributed by atoms with Crippen LogP contribution < -0.4 is 5.32 Å². The summed E-state index contributed by atoms with van der Waals surface area (Å²) in [6.45, 7) is 6.07. The molecule has 5 nitrogen and oxygen atoms in total. The number of hydrogen-bond acceptors (Lipinski definition) is 3. The van der Waals surface area contributed by atoms with E-state index in [2.05, 4.69) is 22.3 Å². The van der Waals surface area contributed by atoms with Gasteiger partial charge in [0, 0.05) is 18.3 Å². The van der Waals surface area contributed by atoms with E-state index in [1.165, 1.54) is 6.42 Å². The molecule has 2 unspecified atom stereocenters. The molecule has 0 radical (unpaired) electrons. The van der Waals surface area contributed by atoms with Crippen molar-refractivity contribution in [3.8, 4) is 0 Å². The van der Waals surface area contributed by atoms with E-state index in [-0.39, 0.29) is 5.91 Å². The van der Waals surface area contributed by atoms with Crippen LogP contribution in [0, 0.1) is 19.8 Å². The Labute approximate surface area is 118 Å². The minimum Gasteiger partial charge on any atom is -0.349 e. The van der Waals surface area contributed by atoms with E-state index in [1.54, 1.807) is 10.7 Å². The summed E-state index contributed by atoms with van der Waals surface area (Å²) in [7, 11) is 0. The van der Waals surface area contributed by atoms with Crippen molar-refractivity contribution in [3.05, 3.63) is 29.2 Å². The molecular formula is C15H20N4O. The van der Waals surface area contributed by atoms with Gasteiger partial charge in [0.15, 0.2) is 5.65 Å². The van der Waals surface area contributed by atoms with Gasteiger partial charge in [-0.05, 0) is 39.0 Å². The van der Waals surface area contributed by atoms with Crippen LogP contribution in [0.5, 0.6) is 0 Å². The number of fused-ring (bicyclic) bond motifs is 1. The largest absolute Gasteiger partial charge is 0.349 e. The zero-order valence-corrected chi connectivity index (χ0v) is 12.2. The van der Waals surface area contributed by atoms with Crippen LogP contribution in [-0.2, 0) is 0 Å². The Kier molecular flexibility index (Phi) is 3.20. The highest BCUT2D eigenvalue weighted by Gasteiger charge is 2.24. The standard InChI is InChI=1S/C15H20N4O/c1-9-4-5-12(6-9)17-15(20)13-8-16-14-7-10(2)18-19(14)11(13)3/h7-9,12H,4-6H2,1-3H3,(H,17,20). The summed E-state index contributed by atoms with van der Waals surface area (Å²) in [6.07, 6.45) is 4.99. The number of carbonyl (C=O) groups excluding carboxylic acids is 1. The number of carbonyl (C=O) groups is 1. The molecule has 0 aliphatic heterocycles. The average Bonchev–Trinajstić information content (AvgIpc) is 2.95. The number of nitrogens with zero attached hydrogens (tertiary/aromatic N) is 3. The number of hydrogen-bond donors (Lipinski definition) is 1. The maximum atomic E-state index is 12.4. The smallest absolute Gasteiger partial charge is 0.254 e. The molecule has 5 heteroatoms. The van der Waals surface area contributed by atoms with Crippen LogP contribution in [0.2, 0.25) is 0 Å². The highest BCUT2D eigenvalue weighted by molar-refractivity contribution is 5.95. The van der Waals surface area contributed by atoms with Crippen molar-refractivity contribution in [1.29, 1.82) is 0 Å².